The van der Waals surface area contributed by atoms with Crippen LogP contribution < -0.4 is 0 Å². The Hall–Kier alpha value is -2.10. The summed E-state index contributed by atoms with van der Waals surface area (Å²) in [5.41, 5.74) is 1.29. The maximum Gasteiger partial charge on any atom is 0.410 e. The first kappa shape index (κ1) is 14.3. The number of hydrogen-bond acceptors (Lipinski definition) is 3. The Kier molecular flexibility index (Phi) is 3.93. The highest BCUT2D eigenvalue weighted by molar-refractivity contribution is 5.78. The van der Waals surface area contributed by atoms with E-state index < -0.39 is 5.60 Å². The molecule has 4 nitrogen and oxygen atoms in total. The Balaban J connectivity index is 2.09. The molecule has 20 heavy (non-hydrogen) atoms. The Bertz CT molecular complexity index is 617. The molecule has 0 aliphatic carbocycles. The van der Waals surface area contributed by atoms with Crippen LogP contribution in [-0.2, 0) is 11.3 Å². The van der Waals surface area contributed by atoms with Crippen LogP contribution in [0.4, 0.5) is 4.79 Å². The number of benzene rings is 1. The highest BCUT2D eigenvalue weighted by atomic mass is 16.6. The molecule has 1 heterocycles. The lowest BCUT2D eigenvalue weighted by Crippen LogP contribution is -2.34. The molecule has 2 aromatic rings. The van der Waals surface area contributed by atoms with Crippen LogP contribution in [0, 0.1) is 0 Å². The van der Waals surface area contributed by atoms with E-state index in [1.807, 2.05) is 57.2 Å². The maximum atomic E-state index is 11.9. The number of pyridine rings is 1. The molecule has 0 saturated heterocycles. The Morgan fingerprint density at radius 2 is 1.90 bits per heavy atom. The smallest absolute Gasteiger partial charge is 0.410 e. The minimum absolute atomic E-state index is 0.340. The van der Waals surface area contributed by atoms with E-state index in [-0.39, 0.29) is 6.09 Å². The van der Waals surface area contributed by atoms with Gasteiger partial charge in [0.1, 0.15) is 5.60 Å². The van der Waals surface area contributed by atoms with E-state index in [1.54, 1.807) is 7.05 Å². The van der Waals surface area contributed by atoms with Gasteiger partial charge in [-0.1, -0.05) is 24.3 Å². The van der Waals surface area contributed by atoms with E-state index in [0.29, 0.717) is 6.54 Å². The van der Waals surface area contributed by atoms with Gasteiger partial charge in [-0.3, -0.25) is 4.98 Å². The summed E-state index contributed by atoms with van der Waals surface area (Å²) < 4.78 is 5.32. The predicted molar refractivity (Wildman–Crippen MR) is 79.4 cm³/mol. The normalized spacial score (nSPS) is 11.4. The monoisotopic (exact) mass is 272 g/mol. The van der Waals surface area contributed by atoms with Crippen LogP contribution >= 0.6 is 0 Å². The highest BCUT2D eigenvalue weighted by Crippen LogP contribution is 2.14. The van der Waals surface area contributed by atoms with Gasteiger partial charge < -0.3 is 9.64 Å². The first-order valence-corrected chi connectivity index (χ1v) is 6.64. The summed E-state index contributed by atoms with van der Waals surface area (Å²) in [5.74, 6) is 0. The van der Waals surface area contributed by atoms with Gasteiger partial charge in [0.05, 0.1) is 17.8 Å². The third-order valence-electron chi connectivity index (χ3n) is 2.76. The lowest BCUT2D eigenvalue weighted by Gasteiger charge is -2.24. The lowest BCUT2D eigenvalue weighted by atomic mass is 10.2. The summed E-state index contributed by atoms with van der Waals surface area (Å²) in [7, 11) is 1.71. The van der Waals surface area contributed by atoms with Crippen molar-refractivity contribution in [3.8, 4) is 0 Å². The number of ether oxygens (including phenoxy) is 1. The summed E-state index contributed by atoms with van der Waals surface area (Å²) in [6, 6.07) is 11.9. The third kappa shape index (κ3) is 3.70. The van der Waals surface area contributed by atoms with Crippen LogP contribution in [0.5, 0.6) is 0 Å². The quantitative estimate of drug-likeness (QED) is 0.838. The number of carbonyl (C=O) groups is 1. The number of carbonyl (C=O) groups excluding carboxylic acids is 1. The van der Waals surface area contributed by atoms with Gasteiger partial charge in [-0.05, 0) is 32.9 Å². The molecule has 1 aromatic heterocycles. The molecule has 0 unspecified atom stereocenters. The second kappa shape index (κ2) is 5.49. The number of aromatic nitrogens is 1. The molecule has 2 rings (SSSR count). The minimum atomic E-state index is -0.484. The van der Waals surface area contributed by atoms with E-state index in [1.165, 1.54) is 4.90 Å². The van der Waals surface area contributed by atoms with Crippen LogP contribution in [0.2, 0.25) is 0 Å². The Labute approximate surface area is 119 Å². The summed E-state index contributed by atoms with van der Waals surface area (Å²) in [5, 5.41) is 1.09. The molecule has 4 heteroatoms. The number of amides is 1. The van der Waals surface area contributed by atoms with Crippen LogP contribution in [0.1, 0.15) is 26.5 Å². The number of para-hydroxylation sites is 1. The average molecular weight is 272 g/mol. The number of hydrogen-bond donors (Lipinski definition) is 0. The fourth-order valence-corrected chi connectivity index (χ4v) is 1.84. The lowest BCUT2D eigenvalue weighted by molar-refractivity contribution is 0.0283. The van der Waals surface area contributed by atoms with Gasteiger partial charge in [-0.15, -0.1) is 0 Å². The summed E-state index contributed by atoms with van der Waals surface area (Å²) in [6.07, 6.45) is -0.340. The van der Waals surface area contributed by atoms with Crippen LogP contribution in [0.15, 0.2) is 36.4 Å². The molecule has 0 atom stereocenters. The van der Waals surface area contributed by atoms with Crippen molar-refractivity contribution in [2.75, 3.05) is 7.05 Å². The van der Waals surface area contributed by atoms with Crippen LogP contribution in [-0.4, -0.2) is 28.6 Å². The van der Waals surface area contributed by atoms with Crippen LogP contribution in [0.25, 0.3) is 10.9 Å². The topological polar surface area (TPSA) is 42.4 Å². The minimum Gasteiger partial charge on any atom is -0.444 e. The van der Waals surface area contributed by atoms with Crippen molar-refractivity contribution in [3.05, 3.63) is 42.1 Å². The zero-order chi connectivity index (χ0) is 14.8. The fourth-order valence-electron chi connectivity index (χ4n) is 1.84. The molecule has 0 N–H and O–H groups in total. The van der Waals surface area contributed by atoms with E-state index in [0.717, 1.165) is 16.6 Å². The molecule has 106 valence electrons. The molecule has 1 aromatic carbocycles. The number of fused-ring (bicyclic) bond motifs is 1. The Morgan fingerprint density at radius 1 is 1.20 bits per heavy atom. The second-order valence-corrected chi connectivity index (χ2v) is 5.83. The van der Waals surface area contributed by atoms with Crippen molar-refractivity contribution in [1.29, 1.82) is 0 Å². The zero-order valence-electron chi connectivity index (χ0n) is 12.4. The predicted octanol–water partition coefficient (Wildman–Crippen LogP) is 3.60. The highest BCUT2D eigenvalue weighted by Gasteiger charge is 2.19. The maximum absolute atomic E-state index is 11.9. The van der Waals surface area contributed by atoms with Crippen molar-refractivity contribution < 1.29 is 9.53 Å². The standard InChI is InChI=1S/C16H20N2O2/c1-16(2,3)20-15(19)18(4)11-13-10-9-12-7-5-6-8-14(12)17-13/h5-10H,11H2,1-4H3. The van der Waals surface area contributed by atoms with Crippen molar-refractivity contribution in [2.45, 2.75) is 32.9 Å². The van der Waals surface area contributed by atoms with Gasteiger partial charge in [0.25, 0.3) is 0 Å². The SMILES string of the molecule is CN(Cc1ccc2ccccc2n1)C(=O)OC(C)(C)C. The second-order valence-electron chi connectivity index (χ2n) is 5.83. The molecule has 0 radical (unpaired) electrons. The number of nitrogens with zero attached hydrogens (tertiary/aromatic N) is 2. The summed E-state index contributed by atoms with van der Waals surface area (Å²) >= 11 is 0. The van der Waals surface area contributed by atoms with E-state index in [4.69, 9.17) is 4.74 Å². The van der Waals surface area contributed by atoms with E-state index in [2.05, 4.69) is 4.98 Å². The summed E-state index contributed by atoms with van der Waals surface area (Å²) in [6.45, 7) is 5.99. The van der Waals surface area contributed by atoms with Crippen molar-refractivity contribution >= 4 is 17.0 Å². The largest absolute Gasteiger partial charge is 0.444 e. The number of rotatable bonds is 2. The van der Waals surface area contributed by atoms with Gasteiger partial charge in [0, 0.05) is 12.4 Å². The molecular formula is C16H20N2O2. The summed E-state index contributed by atoms with van der Waals surface area (Å²) in [4.78, 5) is 18.0. The Morgan fingerprint density at radius 3 is 2.60 bits per heavy atom. The molecule has 1 amide bonds. The van der Waals surface area contributed by atoms with Gasteiger partial charge >= 0.3 is 6.09 Å². The van der Waals surface area contributed by atoms with Crippen molar-refractivity contribution in [1.82, 2.24) is 9.88 Å². The van der Waals surface area contributed by atoms with Crippen LogP contribution in [0.3, 0.4) is 0 Å². The first-order chi connectivity index (χ1) is 9.35. The van der Waals surface area contributed by atoms with E-state index >= 15 is 0 Å². The van der Waals surface area contributed by atoms with Gasteiger partial charge in [-0.25, -0.2) is 4.79 Å². The average Bonchev–Trinajstić information content (AvgIpc) is 2.36. The van der Waals surface area contributed by atoms with Crippen molar-refractivity contribution in [2.24, 2.45) is 0 Å². The van der Waals surface area contributed by atoms with E-state index in [9.17, 15) is 4.79 Å². The third-order valence-corrected chi connectivity index (χ3v) is 2.76. The zero-order valence-corrected chi connectivity index (χ0v) is 12.4. The van der Waals surface area contributed by atoms with Gasteiger partial charge in [-0.2, -0.15) is 0 Å². The first-order valence-electron chi connectivity index (χ1n) is 6.64. The van der Waals surface area contributed by atoms with Gasteiger partial charge in [0.15, 0.2) is 0 Å². The molecule has 0 bridgehead atoms. The molecule has 0 aliphatic heterocycles. The van der Waals surface area contributed by atoms with Crippen molar-refractivity contribution in [3.63, 3.8) is 0 Å². The van der Waals surface area contributed by atoms with Gasteiger partial charge in [0.2, 0.25) is 0 Å². The molecule has 0 fully saturated rings. The molecule has 0 spiro atoms. The molecule has 0 aliphatic rings. The fraction of sp³-hybridized carbons (Fsp3) is 0.375. The molecule has 0 saturated carbocycles. The molecular weight excluding hydrogens is 252 g/mol.